The van der Waals surface area contributed by atoms with Gasteiger partial charge in [0.25, 0.3) is 0 Å². The quantitative estimate of drug-likeness (QED) is 0.610. The van der Waals surface area contributed by atoms with Crippen molar-refractivity contribution < 1.29 is 4.79 Å². The summed E-state index contributed by atoms with van der Waals surface area (Å²) in [6.07, 6.45) is 3.98. The number of likely N-dealkylation sites (tertiary alicyclic amines) is 1. The van der Waals surface area contributed by atoms with Crippen LogP contribution in [-0.2, 0) is 4.79 Å². The lowest BCUT2D eigenvalue weighted by Gasteiger charge is -2.32. The minimum atomic E-state index is 0.219. The Hall–Kier alpha value is -2.92. The minimum absolute atomic E-state index is 0.219. The highest BCUT2D eigenvalue weighted by Gasteiger charge is 2.22. The highest BCUT2D eigenvalue weighted by atomic mass is 35.5. The van der Waals surface area contributed by atoms with Gasteiger partial charge in [-0.25, -0.2) is 9.97 Å². The Labute approximate surface area is 182 Å². The lowest BCUT2D eigenvalue weighted by atomic mass is 10.0. The Balaban J connectivity index is 1.51. The van der Waals surface area contributed by atoms with Crippen molar-refractivity contribution in [2.75, 3.05) is 18.4 Å². The van der Waals surface area contributed by atoms with Gasteiger partial charge < -0.3 is 10.2 Å². The smallest absolute Gasteiger partial charge is 0.223 e. The van der Waals surface area contributed by atoms with Crippen LogP contribution < -0.4 is 5.32 Å². The number of hydrogen-bond acceptors (Lipinski definition) is 4. The Kier molecular flexibility index (Phi) is 6.29. The molecule has 2 aromatic carbocycles. The number of piperidine rings is 1. The lowest BCUT2D eigenvalue weighted by molar-refractivity contribution is -0.131. The summed E-state index contributed by atoms with van der Waals surface area (Å²) in [7, 11) is 0. The van der Waals surface area contributed by atoms with E-state index in [0.717, 1.165) is 42.6 Å². The van der Waals surface area contributed by atoms with E-state index in [-0.39, 0.29) is 11.9 Å². The number of amides is 1. The molecular formula is C24H25ClN4O. The number of benzene rings is 2. The van der Waals surface area contributed by atoms with Crippen molar-refractivity contribution in [3.8, 4) is 22.4 Å². The van der Waals surface area contributed by atoms with Gasteiger partial charge in [0.1, 0.15) is 0 Å². The number of anilines is 1. The van der Waals surface area contributed by atoms with Crippen LogP contribution in [0.2, 0.25) is 5.02 Å². The van der Waals surface area contributed by atoms with Crippen LogP contribution in [0.4, 0.5) is 5.95 Å². The third-order valence-electron chi connectivity index (χ3n) is 5.47. The molecule has 3 aromatic rings. The summed E-state index contributed by atoms with van der Waals surface area (Å²) >= 11 is 6.44. The number of nitrogens with zero attached hydrogens (tertiary/aromatic N) is 3. The van der Waals surface area contributed by atoms with E-state index in [1.807, 2.05) is 42.2 Å². The first-order valence-electron chi connectivity index (χ1n) is 10.4. The van der Waals surface area contributed by atoms with Crippen molar-refractivity contribution >= 4 is 23.5 Å². The maximum absolute atomic E-state index is 11.9. The molecule has 2 heterocycles. The van der Waals surface area contributed by atoms with Crippen LogP contribution in [-0.4, -0.2) is 39.9 Å². The fraction of sp³-hybridized carbons (Fsp3) is 0.292. The second kappa shape index (κ2) is 9.26. The van der Waals surface area contributed by atoms with Gasteiger partial charge in [0.15, 0.2) is 0 Å². The molecule has 154 valence electrons. The molecule has 1 aliphatic heterocycles. The van der Waals surface area contributed by atoms with E-state index in [4.69, 9.17) is 16.6 Å². The largest absolute Gasteiger partial charge is 0.351 e. The summed E-state index contributed by atoms with van der Waals surface area (Å²) in [5.74, 6) is 0.788. The molecule has 5 nitrogen and oxygen atoms in total. The molecule has 0 saturated carbocycles. The summed E-state index contributed by atoms with van der Waals surface area (Å²) in [4.78, 5) is 22.9. The molecule has 1 saturated heterocycles. The Bertz CT molecular complexity index is 1020. The summed E-state index contributed by atoms with van der Waals surface area (Å²) in [5, 5.41) is 3.95. The number of hydrogen-bond donors (Lipinski definition) is 1. The normalized spacial score (nSPS) is 14.5. The molecule has 1 N–H and O–H groups in total. The third-order valence-corrected chi connectivity index (χ3v) is 5.75. The fourth-order valence-corrected chi connectivity index (χ4v) is 4.00. The second-order valence-corrected chi connectivity index (χ2v) is 7.90. The van der Waals surface area contributed by atoms with Gasteiger partial charge in [-0.1, -0.05) is 67.1 Å². The number of nitrogens with one attached hydrogen (secondary N) is 1. The van der Waals surface area contributed by atoms with Crippen molar-refractivity contribution in [2.24, 2.45) is 0 Å². The van der Waals surface area contributed by atoms with E-state index in [0.29, 0.717) is 23.1 Å². The van der Waals surface area contributed by atoms with Crippen LogP contribution in [0.1, 0.15) is 26.2 Å². The van der Waals surface area contributed by atoms with E-state index in [2.05, 4.69) is 34.6 Å². The fourth-order valence-electron chi connectivity index (χ4n) is 3.80. The summed E-state index contributed by atoms with van der Waals surface area (Å²) in [6, 6.07) is 18.7. The maximum atomic E-state index is 11.9. The van der Waals surface area contributed by atoms with Gasteiger partial charge in [-0.15, -0.1) is 0 Å². The highest BCUT2D eigenvalue weighted by molar-refractivity contribution is 6.32. The molecular weight excluding hydrogens is 396 g/mol. The van der Waals surface area contributed by atoms with Gasteiger partial charge >= 0.3 is 0 Å². The number of halogens is 1. The van der Waals surface area contributed by atoms with Gasteiger partial charge in [-0.3, -0.25) is 4.79 Å². The van der Waals surface area contributed by atoms with Crippen molar-refractivity contribution in [2.45, 2.75) is 32.2 Å². The van der Waals surface area contributed by atoms with Gasteiger partial charge in [-0.05, 0) is 30.0 Å². The predicted molar refractivity (Wildman–Crippen MR) is 121 cm³/mol. The Morgan fingerprint density at radius 2 is 1.77 bits per heavy atom. The van der Waals surface area contributed by atoms with Gasteiger partial charge in [0.05, 0.1) is 16.9 Å². The molecule has 0 radical (unpaired) electrons. The van der Waals surface area contributed by atoms with E-state index in [9.17, 15) is 4.79 Å². The first kappa shape index (κ1) is 20.4. The van der Waals surface area contributed by atoms with Gasteiger partial charge in [-0.2, -0.15) is 0 Å². The van der Waals surface area contributed by atoms with E-state index < -0.39 is 0 Å². The van der Waals surface area contributed by atoms with Crippen LogP contribution >= 0.6 is 11.6 Å². The summed E-state index contributed by atoms with van der Waals surface area (Å²) < 4.78 is 0. The Morgan fingerprint density at radius 1 is 1.07 bits per heavy atom. The molecule has 0 unspecified atom stereocenters. The van der Waals surface area contributed by atoms with Crippen LogP contribution in [0.25, 0.3) is 22.4 Å². The standard InChI is InChI=1S/C24H25ClN4O/c1-2-22(30)29-13-11-20(12-14-29)27-24-26-16-21(25)23(28-24)19-10-6-9-18(15-19)17-7-4-3-5-8-17/h3-10,15-16,20H,2,11-14H2,1H3,(H,26,27,28). The van der Waals surface area contributed by atoms with Crippen molar-refractivity contribution in [3.05, 3.63) is 65.8 Å². The molecule has 30 heavy (non-hydrogen) atoms. The first-order valence-corrected chi connectivity index (χ1v) is 10.7. The van der Waals surface area contributed by atoms with Crippen molar-refractivity contribution in [1.29, 1.82) is 0 Å². The zero-order valence-corrected chi connectivity index (χ0v) is 17.8. The van der Waals surface area contributed by atoms with Crippen LogP contribution in [0.15, 0.2) is 60.8 Å². The van der Waals surface area contributed by atoms with E-state index in [1.165, 1.54) is 0 Å². The van der Waals surface area contributed by atoms with Crippen LogP contribution in [0.3, 0.4) is 0 Å². The first-order chi connectivity index (χ1) is 14.6. The molecule has 0 aliphatic carbocycles. The number of aromatic nitrogens is 2. The molecule has 0 spiro atoms. The monoisotopic (exact) mass is 420 g/mol. The lowest BCUT2D eigenvalue weighted by Crippen LogP contribution is -2.42. The molecule has 4 rings (SSSR count). The average Bonchev–Trinajstić information content (AvgIpc) is 2.81. The summed E-state index contributed by atoms with van der Waals surface area (Å²) in [6.45, 7) is 3.44. The molecule has 1 amide bonds. The van der Waals surface area contributed by atoms with Crippen molar-refractivity contribution in [3.63, 3.8) is 0 Å². The Morgan fingerprint density at radius 3 is 2.50 bits per heavy atom. The maximum Gasteiger partial charge on any atom is 0.223 e. The SMILES string of the molecule is CCC(=O)N1CCC(Nc2ncc(Cl)c(-c3cccc(-c4ccccc4)c3)n2)CC1. The highest BCUT2D eigenvalue weighted by Crippen LogP contribution is 2.30. The molecule has 1 aromatic heterocycles. The van der Waals surface area contributed by atoms with E-state index in [1.54, 1.807) is 6.20 Å². The molecule has 0 bridgehead atoms. The minimum Gasteiger partial charge on any atom is -0.351 e. The zero-order chi connectivity index (χ0) is 20.9. The van der Waals surface area contributed by atoms with Gasteiger partial charge in [0, 0.05) is 31.1 Å². The van der Waals surface area contributed by atoms with Gasteiger partial charge in [0.2, 0.25) is 11.9 Å². The average molecular weight is 421 g/mol. The number of carbonyl (C=O) groups excluding carboxylic acids is 1. The number of rotatable bonds is 5. The predicted octanol–water partition coefficient (Wildman–Crippen LogP) is 5.28. The second-order valence-electron chi connectivity index (χ2n) is 7.49. The number of carbonyl (C=O) groups is 1. The zero-order valence-electron chi connectivity index (χ0n) is 17.0. The van der Waals surface area contributed by atoms with E-state index >= 15 is 0 Å². The molecule has 0 atom stereocenters. The third kappa shape index (κ3) is 4.62. The topological polar surface area (TPSA) is 58.1 Å². The van der Waals surface area contributed by atoms with Crippen LogP contribution in [0, 0.1) is 0 Å². The molecule has 6 heteroatoms. The molecule has 1 aliphatic rings. The summed E-state index contributed by atoms with van der Waals surface area (Å²) in [5.41, 5.74) is 3.93. The van der Waals surface area contributed by atoms with Crippen LogP contribution in [0.5, 0.6) is 0 Å². The van der Waals surface area contributed by atoms with Crippen molar-refractivity contribution in [1.82, 2.24) is 14.9 Å². The molecule has 1 fully saturated rings.